The van der Waals surface area contributed by atoms with Gasteiger partial charge in [-0.2, -0.15) is 13.2 Å². The van der Waals surface area contributed by atoms with Crippen LogP contribution in [0, 0.1) is 0 Å². The van der Waals surface area contributed by atoms with Crippen molar-refractivity contribution in [3.63, 3.8) is 0 Å². The minimum absolute atomic E-state index is 0.260. The molecule has 0 aromatic heterocycles. The van der Waals surface area contributed by atoms with E-state index in [4.69, 9.17) is 4.74 Å². The summed E-state index contributed by atoms with van der Waals surface area (Å²) in [5, 5.41) is 0. The fraction of sp³-hybridized carbons (Fsp3) is 0.167. The molecule has 1 atom stereocenters. The predicted octanol–water partition coefficient (Wildman–Crippen LogP) is 5.68. The van der Waals surface area contributed by atoms with Gasteiger partial charge < -0.3 is 4.74 Å². The van der Waals surface area contributed by atoms with Gasteiger partial charge in [0.2, 0.25) is 0 Å². The summed E-state index contributed by atoms with van der Waals surface area (Å²) in [6.45, 7) is 0.397. The van der Waals surface area contributed by atoms with Crippen LogP contribution in [-0.4, -0.2) is 18.7 Å². The van der Waals surface area contributed by atoms with Gasteiger partial charge in [0.1, 0.15) is 5.92 Å². The molecule has 152 valence electrons. The number of ether oxygens (including phenoxy) is 1. The van der Waals surface area contributed by atoms with E-state index in [1.807, 2.05) is 24.3 Å². The van der Waals surface area contributed by atoms with Gasteiger partial charge in [0.05, 0.1) is 12.2 Å². The van der Waals surface area contributed by atoms with Crippen LogP contribution in [0.2, 0.25) is 0 Å². The van der Waals surface area contributed by atoms with Gasteiger partial charge in [0.15, 0.2) is 11.6 Å². The van der Waals surface area contributed by atoms with Crippen LogP contribution in [0.15, 0.2) is 66.7 Å². The molecule has 1 unspecified atom stereocenters. The summed E-state index contributed by atoms with van der Waals surface area (Å²) in [6, 6.07) is 16.8. The molecule has 1 aliphatic carbocycles. The van der Waals surface area contributed by atoms with Crippen molar-refractivity contribution in [3.05, 3.63) is 94.5 Å². The van der Waals surface area contributed by atoms with Crippen molar-refractivity contribution >= 4 is 11.6 Å². The first-order chi connectivity index (χ1) is 14.3. The van der Waals surface area contributed by atoms with E-state index >= 15 is 0 Å². The lowest BCUT2D eigenvalue weighted by molar-refractivity contribution is -0.137. The molecule has 0 N–H and O–H groups in total. The second-order valence-corrected chi connectivity index (χ2v) is 7.13. The van der Waals surface area contributed by atoms with Crippen LogP contribution in [0.25, 0.3) is 11.1 Å². The van der Waals surface area contributed by atoms with Crippen LogP contribution < -0.4 is 0 Å². The Morgan fingerprint density at radius 2 is 1.50 bits per heavy atom. The fourth-order valence-electron chi connectivity index (χ4n) is 3.81. The highest BCUT2D eigenvalue weighted by molar-refractivity contribution is 6.30. The number of Topliss-reactive ketones (excluding diaryl/α,β-unsaturated/α-hetero) is 2. The largest absolute Gasteiger partial charge is 0.416 e. The van der Waals surface area contributed by atoms with Gasteiger partial charge in [-0.3, -0.25) is 9.59 Å². The SMILES string of the molecule is COCc1ccccc1-c1ccc2c(c1)C(=O)C(c1ccc(C(F)(F)F)cc1)C2=O. The van der Waals surface area contributed by atoms with E-state index in [0.29, 0.717) is 6.61 Å². The zero-order valence-electron chi connectivity index (χ0n) is 16.0. The molecular weight excluding hydrogens is 393 g/mol. The number of alkyl halides is 3. The quantitative estimate of drug-likeness (QED) is 0.520. The van der Waals surface area contributed by atoms with Crippen LogP contribution in [0.3, 0.4) is 0 Å². The van der Waals surface area contributed by atoms with Crippen molar-refractivity contribution in [1.29, 1.82) is 0 Å². The number of methoxy groups -OCH3 is 1. The van der Waals surface area contributed by atoms with E-state index in [0.717, 1.165) is 28.8 Å². The maximum atomic E-state index is 13.0. The molecule has 0 aliphatic heterocycles. The summed E-state index contributed by atoms with van der Waals surface area (Å²) in [5.74, 6) is -1.92. The maximum absolute atomic E-state index is 13.0. The molecule has 3 nitrogen and oxygen atoms in total. The maximum Gasteiger partial charge on any atom is 0.416 e. The smallest absolute Gasteiger partial charge is 0.380 e. The van der Waals surface area contributed by atoms with Crippen LogP contribution in [-0.2, 0) is 17.5 Å². The average molecular weight is 410 g/mol. The highest BCUT2D eigenvalue weighted by Gasteiger charge is 2.40. The first-order valence-corrected chi connectivity index (χ1v) is 9.28. The summed E-state index contributed by atoms with van der Waals surface area (Å²) in [4.78, 5) is 25.9. The number of halogens is 3. The summed E-state index contributed by atoms with van der Waals surface area (Å²) < 4.78 is 43.7. The zero-order chi connectivity index (χ0) is 21.5. The van der Waals surface area contributed by atoms with Gasteiger partial charge in [0.25, 0.3) is 0 Å². The molecule has 3 aromatic carbocycles. The van der Waals surface area contributed by atoms with Crippen LogP contribution >= 0.6 is 0 Å². The molecule has 0 amide bonds. The van der Waals surface area contributed by atoms with E-state index in [1.54, 1.807) is 25.3 Å². The minimum Gasteiger partial charge on any atom is -0.380 e. The van der Waals surface area contributed by atoms with Gasteiger partial charge in [-0.05, 0) is 40.5 Å². The standard InChI is InChI=1S/C24H17F3O3/c1-30-13-16-4-2-3-5-18(16)15-8-11-19-20(12-15)23(29)21(22(19)28)14-6-9-17(10-7-14)24(25,26)27/h2-12,21H,13H2,1H3. The van der Waals surface area contributed by atoms with Gasteiger partial charge in [-0.25, -0.2) is 0 Å². The Bertz CT molecular complexity index is 1130. The Morgan fingerprint density at radius 1 is 0.833 bits per heavy atom. The third-order valence-corrected chi connectivity index (χ3v) is 5.27. The molecule has 4 rings (SSSR count). The molecule has 0 saturated heterocycles. The molecule has 3 aromatic rings. The number of benzene rings is 3. The number of ketones is 2. The zero-order valence-corrected chi connectivity index (χ0v) is 16.0. The third kappa shape index (κ3) is 3.44. The Morgan fingerprint density at radius 3 is 2.17 bits per heavy atom. The molecular formula is C24H17F3O3. The third-order valence-electron chi connectivity index (χ3n) is 5.27. The number of rotatable bonds is 4. The lowest BCUT2D eigenvalue weighted by Crippen LogP contribution is -2.13. The highest BCUT2D eigenvalue weighted by Crippen LogP contribution is 2.38. The molecule has 0 spiro atoms. The summed E-state index contributed by atoms with van der Waals surface area (Å²) in [5.41, 5.74) is 2.62. The van der Waals surface area contributed by atoms with Crippen molar-refractivity contribution < 1.29 is 27.5 Å². The van der Waals surface area contributed by atoms with E-state index < -0.39 is 29.2 Å². The van der Waals surface area contributed by atoms with Crippen molar-refractivity contribution in [2.45, 2.75) is 18.7 Å². The lowest BCUT2D eigenvalue weighted by Gasteiger charge is -2.10. The van der Waals surface area contributed by atoms with Gasteiger partial charge in [0, 0.05) is 18.2 Å². The molecule has 0 radical (unpaired) electrons. The first kappa shape index (κ1) is 20.0. The molecule has 30 heavy (non-hydrogen) atoms. The summed E-state index contributed by atoms with van der Waals surface area (Å²) >= 11 is 0. The molecule has 0 bridgehead atoms. The van der Waals surface area contributed by atoms with Crippen LogP contribution in [0.4, 0.5) is 13.2 Å². The monoisotopic (exact) mass is 410 g/mol. The summed E-state index contributed by atoms with van der Waals surface area (Å²) in [7, 11) is 1.59. The Balaban J connectivity index is 1.71. The minimum atomic E-state index is -4.48. The van der Waals surface area contributed by atoms with Gasteiger partial charge in [-0.15, -0.1) is 0 Å². The normalized spacial score (nSPS) is 16.1. The molecule has 1 aliphatic rings. The summed E-state index contributed by atoms with van der Waals surface area (Å²) in [6.07, 6.45) is -4.48. The molecule has 0 heterocycles. The average Bonchev–Trinajstić information content (AvgIpc) is 2.98. The van der Waals surface area contributed by atoms with E-state index in [9.17, 15) is 22.8 Å². The van der Waals surface area contributed by atoms with Crippen molar-refractivity contribution in [2.24, 2.45) is 0 Å². The Hall–Kier alpha value is -3.25. The Kier molecular flexibility index (Phi) is 5.03. The molecule has 6 heteroatoms. The highest BCUT2D eigenvalue weighted by atomic mass is 19.4. The van der Waals surface area contributed by atoms with Crippen molar-refractivity contribution in [2.75, 3.05) is 7.11 Å². The number of carbonyl (C=O) groups is 2. The van der Waals surface area contributed by atoms with E-state index in [-0.39, 0.29) is 16.7 Å². The number of carbonyl (C=O) groups excluding carboxylic acids is 2. The van der Waals surface area contributed by atoms with Crippen LogP contribution in [0.5, 0.6) is 0 Å². The topological polar surface area (TPSA) is 43.4 Å². The number of fused-ring (bicyclic) bond motifs is 1. The fourth-order valence-corrected chi connectivity index (χ4v) is 3.81. The van der Waals surface area contributed by atoms with Gasteiger partial charge in [-0.1, -0.05) is 48.5 Å². The Labute approximate surface area is 171 Å². The van der Waals surface area contributed by atoms with Gasteiger partial charge >= 0.3 is 6.18 Å². The predicted molar refractivity (Wildman–Crippen MR) is 105 cm³/mol. The van der Waals surface area contributed by atoms with E-state index in [1.165, 1.54) is 12.1 Å². The first-order valence-electron chi connectivity index (χ1n) is 9.28. The van der Waals surface area contributed by atoms with Crippen molar-refractivity contribution in [1.82, 2.24) is 0 Å². The lowest BCUT2D eigenvalue weighted by atomic mass is 9.93. The molecule has 0 saturated carbocycles. The molecule has 0 fully saturated rings. The van der Waals surface area contributed by atoms with Crippen LogP contribution in [0.1, 0.15) is 43.3 Å². The second kappa shape index (κ2) is 7.54. The van der Waals surface area contributed by atoms with Crippen molar-refractivity contribution in [3.8, 4) is 11.1 Å². The van der Waals surface area contributed by atoms with E-state index in [2.05, 4.69) is 0 Å². The number of hydrogen-bond acceptors (Lipinski definition) is 3. The second-order valence-electron chi connectivity index (χ2n) is 7.13. The number of hydrogen-bond donors (Lipinski definition) is 0.